The van der Waals surface area contributed by atoms with Gasteiger partial charge in [0, 0.05) is 96.1 Å². The van der Waals surface area contributed by atoms with Crippen LogP contribution in [-0.4, -0.2) is 138 Å². The van der Waals surface area contributed by atoms with Crippen molar-refractivity contribution in [2.75, 3.05) is 49.1 Å². The van der Waals surface area contributed by atoms with Crippen molar-refractivity contribution < 1.29 is 29.6 Å². The monoisotopic (exact) mass is 1750 g/mol. The van der Waals surface area contributed by atoms with Crippen molar-refractivity contribution >= 4 is 184 Å². The molecule has 0 amide bonds. The Hall–Kier alpha value is -4.70. The predicted octanol–water partition coefficient (Wildman–Crippen LogP) is 9.05. The summed E-state index contributed by atoms with van der Waals surface area (Å²) in [6.07, 6.45) is 36.6. The number of hydrogen-bond donors (Lipinski definition) is 4. The van der Waals surface area contributed by atoms with Gasteiger partial charge < -0.3 is 44.9 Å². The Kier molecular flexibility index (Phi) is 31.0. The maximum Gasteiger partial charge on any atom is 1.00 e. The number of nitrogens with zero attached hydrogens (tertiary/aromatic N) is 19. The molecule has 3 spiro atoms. The van der Waals surface area contributed by atoms with Crippen LogP contribution in [0.25, 0.3) is 16.9 Å². The number of hydrogen-bond acceptors (Lipinski definition) is 22. The average molecular weight is 1750 g/mol. The van der Waals surface area contributed by atoms with E-state index in [0.717, 1.165) is 147 Å². The van der Waals surface area contributed by atoms with Crippen LogP contribution in [0.4, 0.5) is 11.9 Å². The van der Waals surface area contributed by atoms with Gasteiger partial charge in [0.1, 0.15) is 29.3 Å². The molecule has 3 atom stereocenters. The summed E-state index contributed by atoms with van der Waals surface area (Å²) in [5, 5.41) is 29.4. The number of aromatic nitrogens is 17. The summed E-state index contributed by atoms with van der Waals surface area (Å²) in [4.78, 5) is 41.4. The van der Waals surface area contributed by atoms with Gasteiger partial charge in [-0.25, -0.2) is 29.3 Å². The molecule has 11 aromatic rings. The van der Waals surface area contributed by atoms with Crippen molar-refractivity contribution in [2.45, 2.75) is 105 Å². The topological polar surface area (TPSA) is 290 Å². The average Bonchev–Trinajstić information content (AvgIpc) is 1.64. The quantitative estimate of drug-likeness (QED) is 0.0319. The number of pyridine rings is 5. The van der Waals surface area contributed by atoms with Crippen molar-refractivity contribution in [3.8, 4) is 12.8 Å². The summed E-state index contributed by atoms with van der Waals surface area (Å²) >= 11 is 39.8. The van der Waals surface area contributed by atoms with Crippen LogP contribution in [0.5, 0.6) is 0 Å². The van der Waals surface area contributed by atoms with Gasteiger partial charge in [-0.3, -0.25) is 23.8 Å². The van der Waals surface area contributed by atoms with Gasteiger partial charge in [-0.15, -0.1) is 55.8 Å². The Balaban J connectivity index is 0.000000186. The number of piperidine rings is 3. The first-order valence-electron chi connectivity index (χ1n) is 30.5. The second kappa shape index (κ2) is 37.5. The zero-order chi connectivity index (χ0) is 68.6. The largest absolute Gasteiger partial charge is 1.00 e. The minimum atomic E-state index is -0.0190. The number of anilines is 2. The van der Waals surface area contributed by atoms with Crippen LogP contribution in [0, 0.1) is 36.2 Å². The van der Waals surface area contributed by atoms with Crippen molar-refractivity contribution in [1.29, 1.82) is 0 Å². The van der Waals surface area contributed by atoms with Crippen LogP contribution in [0.15, 0.2) is 132 Å². The molecule has 11 aromatic heterocycles. The number of nitrogens with two attached hydrogens (primary N) is 3. The zero-order valence-corrected chi connectivity index (χ0v) is 65.8. The van der Waals surface area contributed by atoms with Gasteiger partial charge in [0.25, 0.3) is 0 Å². The zero-order valence-electron chi connectivity index (χ0n) is 53.2. The minimum Gasteiger partial charge on any atom is -0.778 e. The van der Waals surface area contributed by atoms with E-state index in [1.165, 1.54) is 53.8 Å². The van der Waals surface area contributed by atoms with Gasteiger partial charge in [-0.2, -0.15) is 4.90 Å². The van der Waals surface area contributed by atoms with Gasteiger partial charge in [0.15, 0.2) is 16.9 Å². The molecule has 17 rings (SSSR count). The fourth-order valence-electron chi connectivity index (χ4n) is 13.5. The van der Waals surface area contributed by atoms with Crippen LogP contribution >= 0.6 is 127 Å². The maximum atomic E-state index is 6.68. The van der Waals surface area contributed by atoms with Gasteiger partial charge in [-0.05, 0) is 185 Å². The van der Waals surface area contributed by atoms with Crippen molar-refractivity contribution in [3.05, 3.63) is 184 Å². The molecule has 0 unspecified atom stereocenters. The molecule has 6 aliphatic rings. The molecular formula is C65H70B2Cl6I2N23NaS2. The summed E-state index contributed by atoms with van der Waals surface area (Å²) in [5.74, 6) is 1.74. The normalized spacial score (nSPS) is 18.0. The molecule has 3 aliphatic carbocycles. The van der Waals surface area contributed by atoms with E-state index in [1.807, 2.05) is 64.1 Å². The van der Waals surface area contributed by atoms with E-state index in [0.29, 0.717) is 25.6 Å². The molecule has 3 aliphatic heterocycles. The molecular weight excluding hydrogens is 1680 g/mol. The Morgan fingerprint density at radius 2 is 0.911 bits per heavy atom. The first-order valence-corrected chi connectivity index (χ1v) is 35.8. The van der Waals surface area contributed by atoms with E-state index in [4.69, 9.17) is 92.8 Å². The van der Waals surface area contributed by atoms with E-state index in [2.05, 4.69) is 172 Å². The van der Waals surface area contributed by atoms with Gasteiger partial charge in [-0.1, -0.05) is 97.3 Å². The van der Waals surface area contributed by atoms with Crippen LogP contribution in [0.2, 0.25) is 25.6 Å². The van der Waals surface area contributed by atoms with E-state index in [-0.39, 0.29) is 96.1 Å². The summed E-state index contributed by atoms with van der Waals surface area (Å²) in [7, 11) is 8.00. The van der Waals surface area contributed by atoms with Crippen LogP contribution < -0.4 is 61.9 Å². The molecule has 36 heteroatoms. The second-order valence-corrected chi connectivity index (χ2v) is 29.3. The molecule has 520 valence electrons. The summed E-state index contributed by atoms with van der Waals surface area (Å²) in [6, 6.07) is 16.2. The fourth-order valence-corrected chi connectivity index (χ4v) is 16.5. The molecule has 14 heterocycles. The van der Waals surface area contributed by atoms with E-state index >= 15 is 0 Å². The molecule has 23 nitrogen and oxygen atoms in total. The third kappa shape index (κ3) is 17.7. The van der Waals surface area contributed by atoms with E-state index in [9.17, 15) is 0 Å². The van der Waals surface area contributed by atoms with Crippen molar-refractivity contribution in [3.63, 3.8) is 0 Å². The Morgan fingerprint density at radius 3 is 1.36 bits per heavy atom. The van der Waals surface area contributed by atoms with Gasteiger partial charge in [0.2, 0.25) is 17.2 Å². The van der Waals surface area contributed by atoms with E-state index < -0.39 is 0 Å². The summed E-state index contributed by atoms with van der Waals surface area (Å²) in [5.41, 5.74) is 29.7. The number of fused-ring (bicyclic) bond motifs is 6. The van der Waals surface area contributed by atoms with E-state index in [1.54, 1.807) is 35.5 Å². The fraction of sp³-hybridized carbons (Fsp3) is 0.354. The molecule has 0 aromatic carbocycles. The number of terminal acetylenes is 1. The Morgan fingerprint density at radius 1 is 0.515 bits per heavy atom. The molecule has 3 fully saturated rings. The van der Waals surface area contributed by atoms with Crippen LogP contribution in [0.1, 0.15) is 105 Å². The third-order valence-corrected chi connectivity index (χ3v) is 23.6. The van der Waals surface area contributed by atoms with Gasteiger partial charge in [0.05, 0.1) is 57.3 Å². The summed E-state index contributed by atoms with van der Waals surface area (Å²) in [6.45, 7) is 5.79. The predicted molar refractivity (Wildman–Crippen MR) is 420 cm³/mol. The number of halogens is 8. The SMILES string of the molecule is C.C.C#C.Cl.Clc1ncc(I)c2nncn12.N[C@@H]1c2ncccc2CC12CCN(c1ncc(I)c3nncn13)CC2.N[C@@H]1c2ncccc2CC12CCN(c1ncc(Sc3ccnc(Cl)c3Cl)c3nncn13)CC2.N[C@@H]1c2ncccc2CC12CCNCC2.[B][B].[Na+].[S-]c1ccnc(Cl)c1Cl. The van der Waals surface area contributed by atoms with Crippen molar-refractivity contribution in [2.24, 2.45) is 33.4 Å². The molecule has 101 heavy (non-hydrogen) atoms. The number of nitrogens with one attached hydrogen (secondary N) is 1. The van der Waals surface area contributed by atoms with Crippen LogP contribution in [-0.2, 0) is 31.9 Å². The Bertz CT molecular complexity index is 4530. The molecule has 0 saturated carbocycles. The van der Waals surface area contributed by atoms with Gasteiger partial charge >= 0.3 is 29.6 Å². The van der Waals surface area contributed by atoms with Crippen LogP contribution in [0.3, 0.4) is 0 Å². The Labute approximate surface area is 680 Å². The standard InChI is InChI=1S/C22H20Cl2N8S.C17H18IN7.C12H17N3.C5H3Cl2NS.C5H2ClIN4.C2H2.2CH4.B2.ClH.Na/c23-16-14(3-7-27-19(16)24)33-15-11-28-21(32-12-29-30-20(15)32)31-8-4-22(5-9-31)10-13-2-1-6-26-17(13)18(22)25;18-12-9-21-16(25-10-22-23-15(12)25)24-6-3-17(4-7-24)8-11-2-1-5-20-13(11)14(17)19;13-11-10-9(2-1-5-15-10)8-12(11)3-6-14-7-4-12;6-4-3(9)1-2-8-5(4)7;6-5-8-1-3(7)4-10-9-2-11(4)5;1-2;;;1-2;;/h1-3,6-7,11-12,18H,4-5,8-10,25H2;1-2,5,9-10,14H,3-4,6-8,19H2;1-2,5,11,14H,3-4,6-8,13H2;1-2H,(H,8,9);1-2H;1-2H;2*1H4;;1H;/q;;;;;;;;;;+1/p-1/t18-;14-;11-;;;;;;;;/m111......../s1. The maximum absolute atomic E-state index is 6.68. The first kappa shape index (κ1) is 83.6. The number of rotatable bonds is 4. The molecule has 3 saturated heterocycles. The molecule has 7 N–H and O–H groups in total. The summed E-state index contributed by atoms with van der Waals surface area (Å²) < 4.78 is 7.48. The molecule has 4 radical (unpaired) electrons. The molecule has 0 bridgehead atoms. The first-order chi connectivity index (χ1) is 47.1. The second-order valence-electron chi connectivity index (χ2n) is 23.6. The van der Waals surface area contributed by atoms with Crippen molar-refractivity contribution in [1.82, 2.24) is 89.0 Å². The smallest absolute Gasteiger partial charge is 0.778 e. The third-order valence-electron chi connectivity index (χ3n) is 18.6. The minimum absolute atomic E-state index is 0.